The van der Waals surface area contributed by atoms with Crippen LogP contribution in [0.15, 0.2) is 42.0 Å². The van der Waals surface area contributed by atoms with Gasteiger partial charge in [-0.25, -0.2) is 0 Å². The van der Waals surface area contributed by atoms with E-state index in [1.807, 2.05) is 0 Å². The zero-order valence-electron chi connectivity index (χ0n) is 10.1. The molecule has 88 valence electrons. The second-order valence-electron chi connectivity index (χ2n) is 3.39. The summed E-state index contributed by atoms with van der Waals surface area (Å²) in [7, 11) is 0. The number of nitro benzene ring substituents is 1. The van der Waals surface area contributed by atoms with Gasteiger partial charge in [0.25, 0.3) is 5.69 Å². The van der Waals surface area contributed by atoms with Crippen molar-refractivity contribution in [2.24, 2.45) is 0 Å². The van der Waals surface area contributed by atoms with E-state index in [9.17, 15) is 20.0 Å². The topological polar surface area (TPSA) is 83.3 Å². The second kappa shape index (κ2) is 7.81. The van der Waals surface area contributed by atoms with Crippen LogP contribution < -0.4 is 34.7 Å². The molecule has 5 nitrogen and oxygen atoms in total. The maximum absolute atomic E-state index is 10.4. The summed E-state index contributed by atoms with van der Waals surface area (Å²) in [5, 5.41) is 20.7. The third-order valence-corrected chi connectivity index (χ3v) is 1.99. The number of allylic oxidation sites excluding steroid dienone is 2. The third-order valence-electron chi connectivity index (χ3n) is 1.99. The largest absolute Gasteiger partial charge is 1.00 e. The molecule has 1 aromatic rings. The van der Waals surface area contributed by atoms with E-state index in [0.717, 1.165) is 11.6 Å². The van der Waals surface area contributed by atoms with Crippen LogP contribution in [0.1, 0.15) is 12.5 Å². The standard InChI is InChI=1S/C12H11NO4.Na/c1-9(8-12(14)15)2-3-10-4-6-11(7-5-10)13(16)17;/h2-8H,1H3,(H,14,15);/q;+1/p-1/b3-2+,9-8-;. The van der Waals surface area contributed by atoms with Gasteiger partial charge < -0.3 is 9.90 Å². The van der Waals surface area contributed by atoms with E-state index in [0.29, 0.717) is 5.57 Å². The van der Waals surface area contributed by atoms with E-state index in [1.54, 1.807) is 31.2 Å². The number of carboxylic acids is 1. The molecular weight excluding hydrogens is 245 g/mol. The van der Waals surface area contributed by atoms with Crippen LogP contribution in [-0.4, -0.2) is 10.9 Å². The fraction of sp³-hybridized carbons (Fsp3) is 0.0833. The van der Waals surface area contributed by atoms with Gasteiger partial charge in [-0.15, -0.1) is 0 Å². The van der Waals surface area contributed by atoms with Crippen LogP contribution in [0.2, 0.25) is 0 Å². The molecule has 0 heterocycles. The molecule has 0 atom stereocenters. The van der Waals surface area contributed by atoms with Crippen molar-refractivity contribution in [1.29, 1.82) is 0 Å². The van der Waals surface area contributed by atoms with Crippen molar-refractivity contribution >= 4 is 17.7 Å². The molecule has 0 bridgehead atoms. The zero-order valence-corrected chi connectivity index (χ0v) is 12.1. The van der Waals surface area contributed by atoms with Gasteiger partial charge in [0.05, 0.1) is 10.9 Å². The minimum Gasteiger partial charge on any atom is -0.545 e. The summed E-state index contributed by atoms with van der Waals surface area (Å²) in [6.45, 7) is 1.62. The monoisotopic (exact) mass is 255 g/mol. The molecule has 0 spiro atoms. The van der Waals surface area contributed by atoms with Crippen molar-refractivity contribution in [3.05, 3.63) is 57.7 Å². The summed E-state index contributed by atoms with van der Waals surface area (Å²) in [6, 6.07) is 5.94. The zero-order chi connectivity index (χ0) is 12.8. The van der Waals surface area contributed by atoms with Crippen LogP contribution in [0.5, 0.6) is 0 Å². The van der Waals surface area contributed by atoms with E-state index >= 15 is 0 Å². The number of rotatable bonds is 4. The molecule has 0 N–H and O–H groups in total. The average molecular weight is 255 g/mol. The first kappa shape index (κ1) is 16.6. The van der Waals surface area contributed by atoms with Gasteiger partial charge in [0, 0.05) is 12.1 Å². The van der Waals surface area contributed by atoms with E-state index in [-0.39, 0.29) is 35.2 Å². The number of aliphatic carboxylic acids is 1. The number of hydrogen-bond donors (Lipinski definition) is 0. The summed E-state index contributed by atoms with van der Waals surface area (Å²) in [6.07, 6.45) is 4.23. The van der Waals surface area contributed by atoms with Crippen molar-refractivity contribution in [2.75, 3.05) is 0 Å². The molecule has 18 heavy (non-hydrogen) atoms. The number of carbonyl (C=O) groups is 1. The van der Waals surface area contributed by atoms with Crippen LogP contribution >= 0.6 is 0 Å². The molecule has 0 aliphatic carbocycles. The summed E-state index contributed by atoms with van der Waals surface area (Å²) < 4.78 is 0. The molecular formula is C12H10NNaO4. The van der Waals surface area contributed by atoms with E-state index < -0.39 is 10.9 Å². The predicted octanol–water partition coefficient (Wildman–Crippen LogP) is -1.69. The number of carboxylic acid groups (broad SMARTS) is 1. The second-order valence-corrected chi connectivity index (χ2v) is 3.39. The molecule has 1 aromatic carbocycles. The Kier molecular flexibility index (Phi) is 7.19. The number of nitrogens with zero attached hydrogens (tertiary/aromatic N) is 1. The van der Waals surface area contributed by atoms with Crippen molar-refractivity contribution < 1.29 is 44.4 Å². The average Bonchev–Trinajstić information content (AvgIpc) is 2.26. The van der Waals surface area contributed by atoms with Gasteiger partial charge in [0.1, 0.15) is 0 Å². The number of hydrogen-bond acceptors (Lipinski definition) is 4. The van der Waals surface area contributed by atoms with Crippen molar-refractivity contribution in [2.45, 2.75) is 6.92 Å². The molecule has 0 saturated carbocycles. The van der Waals surface area contributed by atoms with Crippen LogP contribution in [0.3, 0.4) is 0 Å². The first-order valence-electron chi connectivity index (χ1n) is 4.81. The maximum Gasteiger partial charge on any atom is 1.00 e. The van der Waals surface area contributed by atoms with Crippen molar-refractivity contribution in [3.63, 3.8) is 0 Å². The van der Waals surface area contributed by atoms with Gasteiger partial charge in [-0.05, 0) is 36.3 Å². The van der Waals surface area contributed by atoms with Crippen LogP contribution in [0.4, 0.5) is 5.69 Å². The number of nitro groups is 1. The smallest absolute Gasteiger partial charge is 0.545 e. The summed E-state index contributed by atoms with van der Waals surface area (Å²) in [4.78, 5) is 20.2. The summed E-state index contributed by atoms with van der Waals surface area (Å²) in [5.74, 6) is -1.25. The molecule has 0 aliphatic heterocycles. The van der Waals surface area contributed by atoms with Crippen molar-refractivity contribution in [1.82, 2.24) is 0 Å². The molecule has 0 saturated heterocycles. The number of benzene rings is 1. The van der Waals surface area contributed by atoms with E-state index in [4.69, 9.17) is 0 Å². The van der Waals surface area contributed by atoms with Crippen LogP contribution in [0.25, 0.3) is 6.08 Å². The fourth-order valence-electron chi connectivity index (χ4n) is 1.17. The van der Waals surface area contributed by atoms with Crippen LogP contribution in [-0.2, 0) is 4.79 Å². The Morgan fingerprint density at radius 1 is 1.28 bits per heavy atom. The molecule has 1 rings (SSSR count). The van der Waals surface area contributed by atoms with Gasteiger partial charge in [0.2, 0.25) is 0 Å². The predicted molar refractivity (Wildman–Crippen MR) is 60.9 cm³/mol. The van der Waals surface area contributed by atoms with Gasteiger partial charge in [-0.1, -0.05) is 12.2 Å². The third kappa shape index (κ3) is 5.77. The Bertz CT molecular complexity index is 491. The summed E-state index contributed by atoms with van der Waals surface area (Å²) in [5.41, 5.74) is 1.30. The number of non-ortho nitro benzene ring substituents is 1. The molecule has 0 amide bonds. The first-order valence-corrected chi connectivity index (χ1v) is 4.81. The Morgan fingerprint density at radius 3 is 2.28 bits per heavy atom. The molecule has 0 aliphatic rings. The van der Waals surface area contributed by atoms with Crippen LogP contribution in [0, 0.1) is 10.1 Å². The Labute approximate surface area is 126 Å². The van der Waals surface area contributed by atoms with Crippen molar-refractivity contribution in [3.8, 4) is 0 Å². The van der Waals surface area contributed by atoms with E-state index in [1.165, 1.54) is 12.1 Å². The Hall–Kier alpha value is -1.43. The molecule has 0 radical (unpaired) electrons. The SMILES string of the molecule is CC(=C/C(=O)[O-])/C=C/c1ccc([N+](=O)[O-])cc1.[Na+]. The molecule has 0 fully saturated rings. The normalized spacial score (nSPS) is 11.1. The van der Waals surface area contributed by atoms with Gasteiger partial charge in [-0.2, -0.15) is 0 Å². The van der Waals surface area contributed by atoms with Gasteiger partial charge >= 0.3 is 29.6 Å². The quantitative estimate of drug-likeness (QED) is 0.211. The molecule has 0 unspecified atom stereocenters. The molecule has 6 heteroatoms. The Balaban J connectivity index is 0.00000289. The number of carbonyl (C=O) groups excluding carboxylic acids is 1. The first-order chi connectivity index (χ1) is 7.99. The molecule has 0 aromatic heterocycles. The maximum atomic E-state index is 10.4. The van der Waals surface area contributed by atoms with Gasteiger partial charge in [0.15, 0.2) is 0 Å². The minimum atomic E-state index is -1.25. The van der Waals surface area contributed by atoms with Gasteiger partial charge in [-0.3, -0.25) is 10.1 Å². The summed E-state index contributed by atoms with van der Waals surface area (Å²) >= 11 is 0. The Morgan fingerprint density at radius 2 is 1.83 bits per heavy atom. The van der Waals surface area contributed by atoms with E-state index in [2.05, 4.69) is 0 Å². The fourth-order valence-corrected chi connectivity index (χ4v) is 1.17. The minimum absolute atomic E-state index is 0.